The molecule has 0 atom stereocenters. The number of hydrogen-bond donors (Lipinski definition) is 0. The van der Waals surface area contributed by atoms with E-state index in [0.29, 0.717) is 0 Å². The molecule has 8 aromatic rings. The van der Waals surface area contributed by atoms with E-state index < -0.39 is 0 Å². The lowest BCUT2D eigenvalue weighted by Crippen LogP contribution is -1.94. The first-order valence-corrected chi connectivity index (χ1v) is 17.8. The monoisotopic (exact) mass is 568 g/mol. The molecule has 0 spiro atoms. The van der Waals surface area contributed by atoms with Crippen molar-refractivity contribution in [3.05, 3.63) is 44.1 Å². The highest BCUT2D eigenvalue weighted by Crippen LogP contribution is 2.57. The summed E-state index contributed by atoms with van der Waals surface area (Å²) in [5.41, 5.74) is 9.64. The molecule has 4 aromatic carbocycles. The van der Waals surface area contributed by atoms with Gasteiger partial charge in [-0.15, -0.1) is 45.3 Å². The van der Waals surface area contributed by atoms with Crippen LogP contribution in [0.1, 0.15) is 74.9 Å². The summed E-state index contributed by atoms with van der Waals surface area (Å²) in [6, 6.07) is 0. The van der Waals surface area contributed by atoms with Gasteiger partial charge in [0, 0.05) is 71.3 Å². The van der Waals surface area contributed by atoms with E-state index in [9.17, 15) is 0 Å². The summed E-state index contributed by atoms with van der Waals surface area (Å²) in [7, 11) is 0. The second kappa shape index (κ2) is 8.27. The molecule has 0 aliphatic rings. The molecule has 4 heterocycles. The van der Waals surface area contributed by atoms with Crippen LogP contribution in [0.15, 0.2) is 10.8 Å². The topological polar surface area (TPSA) is 0 Å². The fourth-order valence-electron chi connectivity index (χ4n) is 7.79. The summed E-state index contributed by atoms with van der Waals surface area (Å²) >= 11 is 8.26. The molecule has 0 saturated heterocycles. The molecule has 192 valence electrons. The summed E-state index contributed by atoms with van der Waals surface area (Å²) in [6.07, 6.45) is 6.66. The molecular formula is C34H32S4. The Balaban J connectivity index is 1.87. The standard InChI is InChI=1S/C34H32S4/c1-7-15-17(9-3)31-25-23-21(13-35-29(15)23)22-14-36-30-16(8-2)18(10-4)32-26(24(22)30)28-27(25)33(37-31)19(11-5)20(12-6)34(28)38-32/h13-14H,7-12H2,1-6H3. The normalized spacial score (nSPS) is 13.1. The Labute approximate surface area is 239 Å². The largest absolute Gasteiger partial charge is 0.143 e. The zero-order valence-electron chi connectivity index (χ0n) is 23.0. The third kappa shape index (κ3) is 2.58. The summed E-state index contributed by atoms with van der Waals surface area (Å²) in [5, 5.41) is 17.5. The predicted octanol–water partition coefficient (Wildman–Crippen LogP) is 12.3. The highest BCUT2D eigenvalue weighted by atomic mass is 32.1. The Bertz CT molecular complexity index is 2030. The molecule has 0 nitrogen and oxygen atoms in total. The summed E-state index contributed by atoms with van der Waals surface area (Å²) in [6.45, 7) is 14.2. The minimum absolute atomic E-state index is 1.11. The summed E-state index contributed by atoms with van der Waals surface area (Å²) in [4.78, 5) is 0. The fourth-order valence-corrected chi connectivity index (χ4v) is 13.4. The second-order valence-electron chi connectivity index (χ2n) is 10.7. The van der Waals surface area contributed by atoms with Crippen molar-refractivity contribution in [1.29, 1.82) is 0 Å². The smallest absolute Gasteiger partial charge is 0.0397 e. The number of fused-ring (bicyclic) bond motifs is 1. The molecule has 0 aliphatic heterocycles. The Morgan fingerprint density at radius 1 is 0.368 bits per heavy atom. The van der Waals surface area contributed by atoms with Crippen LogP contribution in [0.25, 0.3) is 71.3 Å². The maximum Gasteiger partial charge on any atom is 0.0397 e. The van der Waals surface area contributed by atoms with Gasteiger partial charge in [-0.3, -0.25) is 0 Å². The first kappa shape index (κ1) is 23.9. The predicted molar refractivity (Wildman–Crippen MR) is 179 cm³/mol. The van der Waals surface area contributed by atoms with Gasteiger partial charge >= 0.3 is 0 Å². The van der Waals surface area contributed by atoms with Crippen molar-refractivity contribution >= 4 is 117 Å². The van der Waals surface area contributed by atoms with Gasteiger partial charge in [-0.2, -0.15) is 0 Å². The van der Waals surface area contributed by atoms with Crippen molar-refractivity contribution in [1.82, 2.24) is 0 Å². The molecule has 0 aliphatic carbocycles. The fraction of sp³-hybridized carbons (Fsp3) is 0.353. The molecule has 0 radical (unpaired) electrons. The van der Waals surface area contributed by atoms with Gasteiger partial charge in [0.25, 0.3) is 0 Å². The average Bonchev–Trinajstić information content (AvgIpc) is 3.70. The average molecular weight is 569 g/mol. The third-order valence-electron chi connectivity index (χ3n) is 9.30. The number of rotatable bonds is 6. The maximum atomic E-state index is 2.51. The van der Waals surface area contributed by atoms with E-state index in [1.807, 2.05) is 22.7 Å². The van der Waals surface area contributed by atoms with Crippen LogP contribution in [-0.2, 0) is 38.5 Å². The second-order valence-corrected chi connectivity index (χ2v) is 14.5. The van der Waals surface area contributed by atoms with Crippen molar-refractivity contribution in [2.45, 2.75) is 80.1 Å². The zero-order valence-corrected chi connectivity index (χ0v) is 26.3. The van der Waals surface area contributed by atoms with Crippen LogP contribution in [-0.4, -0.2) is 0 Å². The highest BCUT2D eigenvalue weighted by Gasteiger charge is 2.29. The zero-order chi connectivity index (χ0) is 26.0. The molecule has 4 heteroatoms. The minimum atomic E-state index is 1.11. The van der Waals surface area contributed by atoms with E-state index in [1.54, 1.807) is 93.9 Å². The van der Waals surface area contributed by atoms with Crippen LogP contribution in [0.4, 0.5) is 0 Å². The van der Waals surface area contributed by atoms with E-state index in [-0.39, 0.29) is 0 Å². The Morgan fingerprint density at radius 3 is 0.921 bits per heavy atom. The van der Waals surface area contributed by atoms with Crippen LogP contribution in [0.3, 0.4) is 0 Å². The van der Waals surface area contributed by atoms with Gasteiger partial charge in [0.2, 0.25) is 0 Å². The molecule has 0 N–H and O–H groups in total. The third-order valence-corrected chi connectivity index (χ3v) is 14.0. The van der Waals surface area contributed by atoms with Gasteiger partial charge in [0.1, 0.15) is 0 Å². The molecule has 38 heavy (non-hydrogen) atoms. The van der Waals surface area contributed by atoms with E-state index in [0.717, 1.165) is 38.5 Å². The van der Waals surface area contributed by atoms with E-state index in [4.69, 9.17) is 0 Å². The first-order valence-electron chi connectivity index (χ1n) is 14.4. The van der Waals surface area contributed by atoms with E-state index in [1.165, 1.54) is 10.8 Å². The van der Waals surface area contributed by atoms with Gasteiger partial charge in [-0.25, -0.2) is 0 Å². The number of aryl methyl sites for hydroxylation is 6. The van der Waals surface area contributed by atoms with Crippen molar-refractivity contribution in [3.63, 3.8) is 0 Å². The molecule has 8 rings (SSSR count). The minimum Gasteiger partial charge on any atom is -0.143 e. The van der Waals surface area contributed by atoms with Gasteiger partial charge in [-0.05, 0) is 82.7 Å². The lowest BCUT2D eigenvalue weighted by Gasteiger charge is -2.14. The molecule has 0 saturated carbocycles. The summed E-state index contributed by atoms with van der Waals surface area (Å²) in [5.74, 6) is 0. The van der Waals surface area contributed by atoms with Crippen LogP contribution in [0.2, 0.25) is 0 Å². The summed E-state index contributed by atoms with van der Waals surface area (Å²) < 4.78 is 9.41. The number of benzene rings is 3. The lowest BCUT2D eigenvalue weighted by molar-refractivity contribution is 1.07. The maximum absolute atomic E-state index is 2.51. The Kier molecular flexibility index (Phi) is 5.19. The first-order chi connectivity index (χ1) is 18.6. The van der Waals surface area contributed by atoms with Crippen LogP contribution < -0.4 is 0 Å². The van der Waals surface area contributed by atoms with Crippen molar-refractivity contribution in [2.75, 3.05) is 0 Å². The van der Waals surface area contributed by atoms with Gasteiger partial charge in [0.05, 0.1) is 0 Å². The number of hydrogen-bond acceptors (Lipinski definition) is 4. The molecule has 0 unspecified atom stereocenters. The van der Waals surface area contributed by atoms with Gasteiger partial charge in [-0.1, -0.05) is 41.5 Å². The molecule has 4 aromatic heterocycles. The molecule has 0 amide bonds. The van der Waals surface area contributed by atoms with Gasteiger partial charge in [0.15, 0.2) is 0 Å². The van der Waals surface area contributed by atoms with Crippen LogP contribution >= 0.6 is 45.3 Å². The van der Waals surface area contributed by atoms with Crippen molar-refractivity contribution in [2.24, 2.45) is 0 Å². The Morgan fingerprint density at radius 2 is 0.632 bits per heavy atom. The lowest BCUT2D eigenvalue weighted by atomic mass is 9.88. The van der Waals surface area contributed by atoms with Crippen molar-refractivity contribution in [3.8, 4) is 0 Å². The van der Waals surface area contributed by atoms with Gasteiger partial charge < -0.3 is 0 Å². The van der Waals surface area contributed by atoms with E-state index in [2.05, 4.69) is 75.0 Å². The molecular weight excluding hydrogens is 537 g/mol. The molecule has 0 fully saturated rings. The Hall–Kier alpha value is -1.98. The molecule has 0 bridgehead atoms. The number of thiophene rings is 4. The quantitative estimate of drug-likeness (QED) is 0.187. The van der Waals surface area contributed by atoms with Crippen LogP contribution in [0.5, 0.6) is 0 Å². The highest BCUT2D eigenvalue weighted by molar-refractivity contribution is 7.29. The SMILES string of the molecule is CCc1c(CC)c2sc3c(CC)c(CC)c4sc5c(CC)c(CC)c6scc7c8csc1c8c2c3c4c5c67. The van der Waals surface area contributed by atoms with Crippen molar-refractivity contribution < 1.29 is 0 Å². The van der Waals surface area contributed by atoms with Crippen LogP contribution in [0, 0.1) is 0 Å². The van der Waals surface area contributed by atoms with E-state index >= 15 is 0 Å².